The summed E-state index contributed by atoms with van der Waals surface area (Å²) in [5.41, 5.74) is 2.60. The van der Waals surface area contributed by atoms with Gasteiger partial charge in [-0.1, -0.05) is 18.2 Å². The Labute approximate surface area is 220 Å². The van der Waals surface area contributed by atoms with Crippen LogP contribution in [0.2, 0.25) is 0 Å². The summed E-state index contributed by atoms with van der Waals surface area (Å²) in [6.45, 7) is 2.29. The summed E-state index contributed by atoms with van der Waals surface area (Å²) in [4.78, 5) is 31.2. The summed E-state index contributed by atoms with van der Waals surface area (Å²) < 4.78 is 24.9. The number of hydrogen-bond acceptors (Lipinski definition) is 6. The summed E-state index contributed by atoms with van der Waals surface area (Å²) in [7, 11) is 1.67. The van der Waals surface area contributed by atoms with Gasteiger partial charge in [0.2, 0.25) is 0 Å². The molecule has 0 aliphatic carbocycles. The second-order valence-electron chi connectivity index (χ2n) is 7.74. The van der Waals surface area contributed by atoms with E-state index in [1.54, 1.807) is 62.5 Å². The SMILES string of the molecule is CCOC(=O)c1ccc(N=C2S/C(=C\c3ccc(OCc4cccc(F)c4)c(Br)c3)C(=O)N2C)cc1. The molecule has 3 aromatic carbocycles. The Bertz CT molecular complexity index is 1360. The molecule has 1 aliphatic rings. The maximum atomic E-state index is 13.4. The van der Waals surface area contributed by atoms with Gasteiger partial charge in [0.05, 0.1) is 27.2 Å². The molecule has 1 aliphatic heterocycles. The van der Waals surface area contributed by atoms with Crippen molar-refractivity contribution in [2.75, 3.05) is 13.7 Å². The van der Waals surface area contributed by atoms with Gasteiger partial charge in [-0.05, 0) is 100 Å². The van der Waals surface area contributed by atoms with Crippen LogP contribution in [0.25, 0.3) is 6.08 Å². The molecule has 184 valence electrons. The Morgan fingerprint density at radius 2 is 1.92 bits per heavy atom. The van der Waals surface area contributed by atoms with E-state index < -0.39 is 0 Å². The average Bonchev–Trinajstić information content (AvgIpc) is 3.12. The second kappa shape index (κ2) is 11.5. The topological polar surface area (TPSA) is 68.2 Å². The predicted molar refractivity (Wildman–Crippen MR) is 143 cm³/mol. The van der Waals surface area contributed by atoms with Crippen LogP contribution in [0.1, 0.15) is 28.4 Å². The minimum Gasteiger partial charge on any atom is -0.488 e. The first-order valence-electron chi connectivity index (χ1n) is 11.0. The molecule has 1 amide bonds. The second-order valence-corrected chi connectivity index (χ2v) is 9.61. The average molecular weight is 569 g/mol. The van der Waals surface area contributed by atoms with Gasteiger partial charge in [0.25, 0.3) is 5.91 Å². The number of thioether (sulfide) groups is 1. The van der Waals surface area contributed by atoms with Crippen molar-refractivity contribution < 1.29 is 23.5 Å². The Morgan fingerprint density at radius 3 is 2.61 bits per heavy atom. The fourth-order valence-corrected chi connectivity index (χ4v) is 4.81. The van der Waals surface area contributed by atoms with E-state index in [0.717, 1.165) is 11.1 Å². The van der Waals surface area contributed by atoms with Crippen LogP contribution in [0.15, 0.2) is 81.1 Å². The number of halogens is 2. The van der Waals surface area contributed by atoms with E-state index in [1.165, 1.54) is 28.8 Å². The lowest BCUT2D eigenvalue weighted by molar-refractivity contribution is -0.121. The number of aliphatic imine (C=N–C) groups is 1. The lowest BCUT2D eigenvalue weighted by atomic mass is 10.2. The standard InChI is InChI=1S/C27H22BrFN2O4S/c1-3-34-26(33)19-8-10-21(11-9-19)30-27-31(2)25(32)24(36-27)15-17-7-12-23(22(28)14-17)35-16-18-5-4-6-20(29)13-18/h4-15H,3,16H2,1-2H3/b24-15-,30-27?. The fourth-order valence-electron chi connectivity index (χ4n) is 3.31. The predicted octanol–water partition coefficient (Wildman–Crippen LogP) is 6.58. The van der Waals surface area contributed by atoms with Gasteiger partial charge in [0.1, 0.15) is 18.2 Å². The molecule has 1 heterocycles. The molecule has 0 N–H and O–H groups in total. The summed E-state index contributed by atoms with van der Waals surface area (Å²) in [5, 5.41) is 0.532. The molecule has 0 unspecified atom stereocenters. The molecule has 0 bridgehead atoms. The van der Waals surface area contributed by atoms with Gasteiger partial charge < -0.3 is 9.47 Å². The third kappa shape index (κ3) is 6.22. The highest BCUT2D eigenvalue weighted by molar-refractivity contribution is 9.10. The number of likely N-dealkylation sites (N-methyl/N-ethyl adjacent to an activating group) is 1. The Morgan fingerprint density at radius 1 is 1.14 bits per heavy atom. The van der Waals surface area contributed by atoms with Crippen LogP contribution in [0, 0.1) is 5.82 Å². The van der Waals surface area contributed by atoms with E-state index in [1.807, 2.05) is 12.1 Å². The molecular weight excluding hydrogens is 547 g/mol. The van der Waals surface area contributed by atoms with Gasteiger partial charge >= 0.3 is 5.97 Å². The van der Waals surface area contributed by atoms with Crippen LogP contribution in [-0.2, 0) is 16.1 Å². The first kappa shape index (κ1) is 25.7. The molecule has 3 aromatic rings. The van der Waals surface area contributed by atoms with Gasteiger partial charge in [-0.2, -0.15) is 0 Å². The van der Waals surface area contributed by atoms with E-state index in [9.17, 15) is 14.0 Å². The highest BCUT2D eigenvalue weighted by atomic mass is 79.9. The van der Waals surface area contributed by atoms with Crippen molar-refractivity contribution in [1.82, 2.24) is 4.90 Å². The third-order valence-electron chi connectivity index (χ3n) is 5.14. The van der Waals surface area contributed by atoms with Crippen molar-refractivity contribution >= 4 is 56.5 Å². The van der Waals surface area contributed by atoms with Gasteiger partial charge in [-0.15, -0.1) is 0 Å². The monoisotopic (exact) mass is 568 g/mol. The van der Waals surface area contributed by atoms with Gasteiger partial charge in [-0.3, -0.25) is 9.69 Å². The lowest BCUT2D eigenvalue weighted by Gasteiger charge is -2.09. The first-order chi connectivity index (χ1) is 17.3. The number of nitrogens with zero attached hydrogens (tertiary/aromatic N) is 2. The molecule has 6 nitrogen and oxygen atoms in total. The Kier molecular flexibility index (Phi) is 8.22. The Balaban J connectivity index is 1.46. The molecule has 4 rings (SSSR count). The maximum Gasteiger partial charge on any atom is 0.338 e. The largest absolute Gasteiger partial charge is 0.488 e. The molecule has 1 fully saturated rings. The number of esters is 1. The van der Waals surface area contributed by atoms with Crippen LogP contribution in [0.4, 0.5) is 10.1 Å². The highest BCUT2D eigenvalue weighted by Gasteiger charge is 2.30. The number of amides is 1. The molecule has 36 heavy (non-hydrogen) atoms. The smallest absolute Gasteiger partial charge is 0.338 e. The van der Waals surface area contributed by atoms with E-state index in [-0.39, 0.29) is 24.3 Å². The van der Waals surface area contributed by atoms with Crippen LogP contribution in [0.3, 0.4) is 0 Å². The number of rotatable bonds is 7. The zero-order valence-corrected chi connectivity index (χ0v) is 21.9. The first-order valence-corrected chi connectivity index (χ1v) is 12.6. The number of amidine groups is 1. The fraction of sp³-hybridized carbons (Fsp3) is 0.148. The van der Waals surface area contributed by atoms with E-state index in [2.05, 4.69) is 20.9 Å². The number of carbonyl (C=O) groups excluding carboxylic acids is 2. The molecule has 0 atom stereocenters. The van der Waals surface area contributed by atoms with Gasteiger partial charge in [0.15, 0.2) is 5.17 Å². The summed E-state index contributed by atoms with van der Waals surface area (Å²) in [6, 6.07) is 18.4. The summed E-state index contributed by atoms with van der Waals surface area (Å²) in [6.07, 6.45) is 1.79. The summed E-state index contributed by atoms with van der Waals surface area (Å²) >= 11 is 4.77. The molecule has 9 heteroatoms. The molecular formula is C27H22BrFN2O4S. The number of hydrogen-bond donors (Lipinski definition) is 0. The van der Waals surface area contributed by atoms with Crippen molar-refractivity contribution in [3.63, 3.8) is 0 Å². The van der Waals surface area contributed by atoms with E-state index in [4.69, 9.17) is 9.47 Å². The van der Waals surface area contributed by atoms with Crippen LogP contribution in [0.5, 0.6) is 5.75 Å². The van der Waals surface area contributed by atoms with Crippen molar-refractivity contribution in [2.45, 2.75) is 13.5 Å². The van der Waals surface area contributed by atoms with E-state index in [0.29, 0.717) is 38.2 Å². The minimum atomic E-state index is -0.388. The zero-order valence-electron chi connectivity index (χ0n) is 19.5. The number of carbonyl (C=O) groups is 2. The number of ether oxygens (including phenoxy) is 2. The third-order valence-corrected chi connectivity index (χ3v) is 6.82. The van der Waals surface area contributed by atoms with Crippen molar-refractivity contribution in [1.29, 1.82) is 0 Å². The van der Waals surface area contributed by atoms with Crippen LogP contribution in [-0.4, -0.2) is 35.6 Å². The van der Waals surface area contributed by atoms with E-state index >= 15 is 0 Å². The molecule has 1 saturated heterocycles. The minimum absolute atomic E-state index is 0.163. The van der Waals surface area contributed by atoms with Crippen molar-refractivity contribution in [2.24, 2.45) is 4.99 Å². The Hall–Kier alpha value is -3.43. The molecule has 0 spiro atoms. The number of benzene rings is 3. The summed E-state index contributed by atoms with van der Waals surface area (Å²) in [5.74, 6) is -0.250. The van der Waals surface area contributed by atoms with Crippen LogP contribution < -0.4 is 4.74 Å². The van der Waals surface area contributed by atoms with Crippen molar-refractivity contribution in [3.05, 3.63) is 98.6 Å². The van der Waals surface area contributed by atoms with Gasteiger partial charge in [-0.25, -0.2) is 14.2 Å². The van der Waals surface area contributed by atoms with Gasteiger partial charge in [0, 0.05) is 7.05 Å². The zero-order chi connectivity index (χ0) is 25.7. The molecule has 0 saturated carbocycles. The molecule has 0 aromatic heterocycles. The highest BCUT2D eigenvalue weighted by Crippen LogP contribution is 2.34. The maximum absolute atomic E-state index is 13.4. The lowest BCUT2D eigenvalue weighted by Crippen LogP contribution is -2.23. The quantitative estimate of drug-likeness (QED) is 0.238. The normalized spacial score (nSPS) is 15.6. The van der Waals surface area contributed by atoms with Crippen molar-refractivity contribution in [3.8, 4) is 5.75 Å². The molecule has 0 radical (unpaired) electrons. The van der Waals surface area contributed by atoms with Crippen LogP contribution >= 0.6 is 27.7 Å².